The Kier molecular flexibility index (Phi) is 2.40. The van der Waals surface area contributed by atoms with Crippen molar-refractivity contribution in [1.82, 2.24) is 5.32 Å². The summed E-state index contributed by atoms with van der Waals surface area (Å²) in [5.74, 6) is 0. The Morgan fingerprint density at radius 3 is 2.70 bits per heavy atom. The van der Waals surface area contributed by atoms with E-state index in [1.165, 1.54) is 6.42 Å². The first-order chi connectivity index (χ1) is 4.88. The van der Waals surface area contributed by atoms with Crippen molar-refractivity contribution in [2.75, 3.05) is 6.54 Å². The number of nitrogens with one attached hydrogen (secondary N) is 1. The van der Waals surface area contributed by atoms with Gasteiger partial charge in [0, 0.05) is 0 Å². The van der Waals surface area contributed by atoms with E-state index in [4.69, 9.17) is 0 Å². The van der Waals surface area contributed by atoms with Crippen LogP contribution in [0.3, 0.4) is 0 Å². The molecule has 1 fully saturated rings. The van der Waals surface area contributed by atoms with Gasteiger partial charge in [-0.15, -0.1) is 0 Å². The number of hydrogen-bond acceptors (Lipinski definition) is 2. The number of rotatable bonds is 3. The van der Waals surface area contributed by atoms with Crippen LogP contribution in [0, 0.1) is 0 Å². The van der Waals surface area contributed by atoms with E-state index in [-0.39, 0.29) is 0 Å². The van der Waals surface area contributed by atoms with Gasteiger partial charge in [0.25, 0.3) is 0 Å². The predicted molar refractivity (Wildman–Crippen MR) is 44.2 cm³/mol. The third kappa shape index (κ3) is 1.33. The van der Waals surface area contributed by atoms with Crippen molar-refractivity contribution in [3.05, 3.63) is 24.4 Å². The highest BCUT2D eigenvalue weighted by Gasteiger charge is 2.18. The molecule has 0 aromatic rings. The molecule has 0 bridgehead atoms. The second kappa shape index (κ2) is 3.32. The summed E-state index contributed by atoms with van der Waals surface area (Å²) in [7, 11) is 0. The third-order valence-corrected chi connectivity index (χ3v) is 1.65. The van der Waals surface area contributed by atoms with Crippen LogP contribution < -0.4 is 5.32 Å². The zero-order valence-electron chi connectivity index (χ0n) is 6.01. The summed E-state index contributed by atoms with van der Waals surface area (Å²) in [6.45, 7) is 8.17. The number of allylic oxidation sites excluding steroid dienone is 2. The molecule has 2 heteroatoms. The first-order valence-electron chi connectivity index (χ1n) is 3.41. The van der Waals surface area contributed by atoms with Crippen molar-refractivity contribution >= 4 is 6.72 Å². The summed E-state index contributed by atoms with van der Waals surface area (Å²) < 4.78 is 0. The van der Waals surface area contributed by atoms with Gasteiger partial charge in [0.1, 0.15) is 0 Å². The number of aliphatic imine (C=N–C) groups is 1. The molecule has 1 saturated heterocycles. The van der Waals surface area contributed by atoms with E-state index < -0.39 is 0 Å². The molecule has 10 heavy (non-hydrogen) atoms. The molecule has 1 aliphatic rings. The molecule has 2 nitrogen and oxygen atoms in total. The molecule has 1 unspecified atom stereocenters. The van der Waals surface area contributed by atoms with Gasteiger partial charge in [-0.2, -0.15) is 0 Å². The highest BCUT2D eigenvalue weighted by atomic mass is 15.0. The van der Waals surface area contributed by atoms with Crippen molar-refractivity contribution < 1.29 is 0 Å². The Morgan fingerprint density at radius 1 is 1.70 bits per heavy atom. The highest BCUT2D eigenvalue weighted by molar-refractivity contribution is 5.32. The zero-order valence-corrected chi connectivity index (χ0v) is 6.01. The maximum Gasteiger partial charge on any atom is 0.0566 e. The molecule has 0 radical (unpaired) electrons. The molecule has 0 spiro atoms. The van der Waals surface area contributed by atoms with Crippen molar-refractivity contribution in [3.63, 3.8) is 0 Å². The summed E-state index contributed by atoms with van der Waals surface area (Å²) in [4.78, 5) is 3.88. The molecule has 1 rings (SSSR count). The van der Waals surface area contributed by atoms with E-state index in [2.05, 4.69) is 23.6 Å². The summed E-state index contributed by atoms with van der Waals surface area (Å²) in [6.07, 6.45) is 4.80. The molecular formula is C8H12N2. The lowest BCUT2D eigenvalue weighted by Gasteiger charge is -2.27. The second-order valence-electron chi connectivity index (χ2n) is 2.28. The Morgan fingerprint density at radius 2 is 2.40 bits per heavy atom. The smallest absolute Gasteiger partial charge is 0.0566 e. The van der Waals surface area contributed by atoms with Crippen LogP contribution in [0.5, 0.6) is 0 Å². The van der Waals surface area contributed by atoms with Crippen molar-refractivity contribution in [2.45, 2.75) is 12.5 Å². The van der Waals surface area contributed by atoms with Crippen LogP contribution in [0.15, 0.2) is 29.4 Å². The van der Waals surface area contributed by atoms with Crippen LogP contribution in [0.1, 0.15) is 6.42 Å². The minimum Gasteiger partial charge on any atom is -0.309 e. The molecule has 0 saturated carbocycles. The lowest BCUT2D eigenvalue weighted by atomic mass is 10.0. The van der Waals surface area contributed by atoms with Gasteiger partial charge in [-0.1, -0.05) is 12.7 Å². The Hall–Kier alpha value is -0.890. The maximum atomic E-state index is 3.88. The lowest BCUT2D eigenvalue weighted by Crippen LogP contribution is -2.43. The normalized spacial score (nSPS) is 25.2. The van der Waals surface area contributed by atoms with E-state index >= 15 is 0 Å². The van der Waals surface area contributed by atoms with Crippen molar-refractivity contribution in [2.24, 2.45) is 4.99 Å². The lowest BCUT2D eigenvalue weighted by molar-refractivity contribution is 0.416. The summed E-state index contributed by atoms with van der Waals surface area (Å²) in [6, 6.07) is 0.426. The fourth-order valence-electron chi connectivity index (χ4n) is 0.941. The predicted octanol–water partition coefficient (Wildman–Crippen LogP) is 1.12. The van der Waals surface area contributed by atoms with Crippen LogP contribution in [0.2, 0.25) is 0 Å². The SMILES string of the molecule is C=C/C=C(\N=C)C1CCN1. The molecule has 54 valence electrons. The monoisotopic (exact) mass is 136 g/mol. The number of hydrogen-bond donors (Lipinski definition) is 1. The van der Waals surface area contributed by atoms with Crippen molar-refractivity contribution in [1.29, 1.82) is 0 Å². The fourth-order valence-corrected chi connectivity index (χ4v) is 0.941. The van der Waals surface area contributed by atoms with Gasteiger partial charge in [-0.3, -0.25) is 4.99 Å². The van der Waals surface area contributed by atoms with E-state index in [1.807, 2.05) is 6.08 Å². The largest absolute Gasteiger partial charge is 0.309 e. The standard InChI is InChI=1S/C8H12N2/c1-3-4-7(9-2)8-5-6-10-8/h3-4,8,10H,1-2,5-6H2/b7-4-. The van der Waals surface area contributed by atoms with Crippen LogP contribution in [0.25, 0.3) is 0 Å². The van der Waals surface area contributed by atoms with Crippen LogP contribution in [-0.4, -0.2) is 19.3 Å². The third-order valence-electron chi connectivity index (χ3n) is 1.65. The topological polar surface area (TPSA) is 24.4 Å². The Labute approximate surface area is 61.4 Å². The zero-order chi connectivity index (χ0) is 7.40. The maximum absolute atomic E-state index is 3.88. The van der Waals surface area contributed by atoms with E-state index in [0.29, 0.717) is 6.04 Å². The molecule has 0 aliphatic carbocycles. The molecule has 1 N–H and O–H groups in total. The Balaban J connectivity index is 2.54. The van der Waals surface area contributed by atoms with Gasteiger partial charge in [0.05, 0.1) is 11.7 Å². The number of nitrogens with zero attached hydrogens (tertiary/aromatic N) is 1. The van der Waals surface area contributed by atoms with Gasteiger partial charge in [0.15, 0.2) is 0 Å². The van der Waals surface area contributed by atoms with Gasteiger partial charge in [0.2, 0.25) is 0 Å². The highest BCUT2D eigenvalue weighted by Crippen LogP contribution is 2.13. The van der Waals surface area contributed by atoms with Crippen LogP contribution >= 0.6 is 0 Å². The molecule has 1 heterocycles. The van der Waals surface area contributed by atoms with Crippen LogP contribution in [0.4, 0.5) is 0 Å². The van der Waals surface area contributed by atoms with E-state index in [1.54, 1.807) is 6.08 Å². The van der Waals surface area contributed by atoms with E-state index in [0.717, 1.165) is 12.2 Å². The van der Waals surface area contributed by atoms with Gasteiger partial charge < -0.3 is 5.32 Å². The van der Waals surface area contributed by atoms with Gasteiger partial charge in [-0.05, 0) is 25.8 Å². The molecule has 1 aliphatic heterocycles. The van der Waals surface area contributed by atoms with E-state index in [9.17, 15) is 0 Å². The molecular weight excluding hydrogens is 124 g/mol. The first kappa shape index (κ1) is 7.22. The molecule has 0 amide bonds. The van der Waals surface area contributed by atoms with Gasteiger partial charge in [-0.25, -0.2) is 0 Å². The summed E-state index contributed by atoms with van der Waals surface area (Å²) in [5.41, 5.74) is 1.00. The quantitative estimate of drug-likeness (QED) is 0.456. The molecule has 1 atom stereocenters. The molecule has 0 aromatic heterocycles. The second-order valence-corrected chi connectivity index (χ2v) is 2.28. The van der Waals surface area contributed by atoms with Gasteiger partial charge >= 0.3 is 0 Å². The van der Waals surface area contributed by atoms with Crippen molar-refractivity contribution in [3.8, 4) is 0 Å². The summed E-state index contributed by atoms with van der Waals surface area (Å²) in [5, 5.41) is 3.23. The molecule has 0 aromatic carbocycles. The minimum atomic E-state index is 0.426. The summed E-state index contributed by atoms with van der Waals surface area (Å²) >= 11 is 0. The Bertz CT molecular complexity index is 166. The minimum absolute atomic E-state index is 0.426. The fraction of sp³-hybridized carbons (Fsp3) is 0.375. The first-order valence-corrected chi connectivity index (χ1v) is 3.41. The van der Waals surface area contributed by atoms with Crippen LogP contribution in [-0.2, 0) is 0 Å². The average Bonchev–Trinajstić information content (AvgIpc) is 1.83. The average molecular weight is 136 g/mol.